The smallest absolute Gasteiger partial charge is 0.247 e. The lowest BCUT2D eigenvalue weighted by molar-refractivity contribution is -0.115. The van der Waals surface area contributed by atoms with Gasteiger partial charge in [0.25, 0.3) is 0 Å². The van der Waals surface area contributed by atoms with E-state index in [-0.39, 0.29) is 12.5 Å². The molecule has 0 atom stereocenters. The first-order chi connectivity index (χ1) is 4.70. The van der Waals surface area contributed by atoms with Crippen LogP contribution in [-0.4, -0.2) is 17.6 Å². The summed E-state index contributed by atoms with van der Waals surface area (Å²) < 4.78 is 0. The van der Waals surface area contributed by atoms with Gasteiger partial charge >= 0.3 is 0 Å². The van der Waals surface area contributed by atoms with E-state index in [0.717, 1.165) is 0 Å². The summed E-state index contributed by atoms with van der Waals surface area (Å²) in [4.78, 5) is 10.5. The molecule has 2 N–H and O–H groups in total. The highest BCUT2D eigenvalue weighted by atomic mass is 16.3. The lowest BCUT2D eigenvalue weighted by Crippen LogP contribution is -2.14. The molecule has 0 aliphatic carbocycles. The molecule has 0 heterocycles. The van der Waals surface area contributed by atoms with E-state index in [1.54, 1.807) is 6.92 Å². The van der Waals surface area contributed by atoms with Crippen LogP contribution in [0.5, 0.6) is 0 Å². The Hall–Kier alpha value is -1.09. The van der Waals surface area contributed by atoms with Crippen LogP contribution >= 0.6 is 0 Å². The Morgan fingerprint density at radius 3 is 2.80 bits per heavy atom. The first-order valence-electron chi connectivity index (χ1n) is 2.90. The van der Waals surface area contributed by atoms with Crippen LogP contribution in [-0.2, 0) is 4.79 Å². The molecule has 10 heavy (non-hydrogen) atoms. The molecule has 0 radical (unpaired) electrons. The van der Waals surface area contributed by atoms with Gasteiger partial charge in [-0.25, -0.2) is 0 Å². The zero-order valence-electron chi connectivity index (χ0n) is 5.92. The third-order valence-corrected chi connectivity index (χ3v) is 0.896. The summed E-state index contributed by atoms with van der Waals surface area (Å²) in [7, 11) is 0. The van der Waals surface area contributed by atoms with Crippen molar-refractivity contribution < 1.29 is 9.90 Å². The van der Waals surface area contributed by atoms with Crippen LogP contribution in [0.25, 0.3) is 0 Å². The average Bonchev–Trinajstić information content (AvgIpc) is 1.99. The molecule has 0 aliphatic rings. The molecule has 0 unspecified atom stereocenters. The van der Waals surface area contributed by atoms with Gasteiger partial charge in [-0.05, 0) is 18.6 Å². The van der Waals surface area contributed by atoms with Crippen molar-refractivity contribution in [1.82, 2.24) is 5.32 Å². The minimum absolute atomic E-state index is 0.0442. The van der Waals surface area contributed by atoms with Gasteiger partial charge in [0.15, 0.2) is 0 Å². The van der Waals surface area contributed by atoms with Gasteiger partial charge in [-0.2, -0.15) is 0 Å². The minimum Gasteiger partial charge on any atom is -0.392 e. The zero-order chi connectivity index (χ0) is 7.98. The molecule has 3 heteroatoms. The standard InChI is InChI=1S/C7H11NO2/c1-3-7(10)8-4-6(2)5-9/h3-4,9H,1,5H2,2H3,(H,8,10)/b6-4+. The molecule has 0 aliphatic heterocycles. The van der Waals surface area contributed by atoms with Gasteiger partial charge in [-0.3, -0.25) is 4.79 Å². The van der Waals surface area contributed by atoms with Gasteiger partial charge in [0.1, 0.15) is 0 Å². The lowest BCUT2D eigenvalue weighted by atomic mass is 10.3. The number of carbonyl (C=O) groups is 1. The number of carbonyl (C=O) groups excluding carboxylic acids is 1. The predicted molar refractivity (Wildman–Crippen MR) is 39.2 cm³/mol. The first-order valence-corrected chi connectivity index (χ1v) is 2.90. The van der Waals surface area contributed by atoms with Crippen molar-refractivity contribution in [2.45, 2.75) is 6.92 Å². The fourth-order valence-electron chi connectivity index (χ4n) is 0.299. The fourth-order valence-corrected chi connectivity index (χ4v) is 0.299. The van der Waals surface area contributed by atoms with Crippen molar-refractivity contribution in [3.63, 3.8) is 0 Å². The van der Waals surface area contributed by atoms with E-state index in [0.29, 0.717) is 5.57 Å². The highest BCUT2D eigenvalue weighted by Gasteiger charge is 1.88. The predicted octanol–water partition coefficient (Wildman–Crippen LogP) is 0.185. The SMILES string of the molecule is C=CC(=O)N/C=C(\C)CO. The first kappa shape index (κ1) is 8.91. The molecule has 0 rings (SSSR count). The zero-order valence-corrected chi connectivity index (χ0v) is 5.92. The maximum absolute atomic E-state index is 10.5. The number of hydrogen-bond donors (Lipinski definition) is 2. The third-order valence-electron chi connectivity index (χ3n) is 0.896. The van der Waals surface area contributed by atoms with E-state index >= 15 is 0 Å². The average molecular weight is 141 g/mol. The van der Waals surface area contributed by atoms with E-state index in [9.17, 15) is 4.79 Å². The molecule has 56 valence electrons. The Morgan fingerprint density at radius 1 is 1.80 bits per heavy atom. The van der Waals surface area contributed by atoms with Crippen LogP contribution in [0.15, 0.2) is 24.4 Å². The Bertz CT molecular complexity index is 161. The highest BCUT2D eigenvalue weighted by Crippen LogP contribution is 1.84. The Balaban J connectivity index is 3.71. The largest absolute Gasteiger partial charge is 0.392 e. The van der Waals surface area contributed by atoms with Crippen LogP contribution in [0.4, 0.5) is 0 Å². The van der Waals surface area contributed by atoms with Crippen molar-refractivity contribution in [2.24, 2.45) is 0 Å². The van der Waals surface area contributed by atoms with Crippen molar-refractivity contribution in [2.75, 3.05) is 6.61 Å². The van der Waals surface area contributed by atoms with E-state index in [2.05, 4.69) is 11.9 Å². The summed E-state index contributed by atoms with van der Waals surface area (Å²) in [5.74, 6) is -0.271. The number of nitrogens with one attached hydrogen (secondary N) is 1. The second kappa shape index (κ2) is 4.76. The molecule has 0 aromatic heterocycles. The van der Waals surface area contributed by atoms with Crippen LogP contribution in [0.1, 0.15) is 6.92 Å². The van der Waals surface area contributed by atoms with Gasteiger partial charge in [0.2, 0.25) is 5.91 Å². The summed E-state index contributed by atoms with van der Waals surface area (Å²) in [5.41, 5.74) is 0.704. The Kier molecular flexibility index (Phi) is 4.24. The molecule has 0 spiro atoms. The molecule has 1 amide bonds. The van der Waals surface area contributed by atoms with Crippen LogP contribution in [0.3, 0.4) is 0 Å². The topological polar surface area (TPSA) is 49.3 Å². The Labute approximate surface area is 60.1 Å². The minimum atomic E-state index is -0.271. The summed E-state index contributed by atoms with van der Waals surface area (Å²) in [5, 5.41) is 10.9. The molecular weight excluding hydrogens is 130 g/mol. The summed E-state index contributed by atoms with van der Waals surface area (Å²) in [6.07, 6.45) is 2.62. The van der Waals surface area contributed by atoms with Crippen LogP contribution in [0, 0.1) is 0 Å². The molecular formula is C7H11NO2. The van der Waals surface area contributed by atoms with E-state index < -0.39 is 0 Å². The van der Waals surface area contributed by atoms with Gasteiger partial charge in [0, 0.05) is 6.20 Å². The maximum Gasteiger partial charge on any atom is 0.247 e. The van der Waals surface area contributed by atoms with E-state index in [4.69, 9.17) is 5.11 Å². The molecule has 0 saturated heterocycles. The van der Waals surface area contributed by atoms with Crippen LogP contribution < -0.4 is 5.32 Å². The van der Waals surface area contributed by atoms with Gasteiger partial charge in [-0.15, -0.1) is 0 Å². The van der Waals surface area contributed by atoms with E-state index in [1.165, 1.54) is 12.3 Å². The second-order valence-electron chi connectivity index (χ2n) is 1.86. The molecule has 0 bridgehead atoms. The fraction of sp³-hybridized carbons (Fsp3) is 0.286. The number of aliphatic hydroxyl groups excluding tert-OH is 1. The number of aliphatic hydroxyl groups is 1. The number of amides is 1. The van der Waals surface area contributed by atoms with E-state index in [1.807, 2.05) is 0 Å². The van der Waals surface area contributed by atoms with Gasteiger partial charge < -0.3 is 10.4 Å². The monoisotopic (exact) mass is 141 g/mol. The van der Waals surface area contributed by atoms with Crippen molar-refractivity contribution in [3.05, 3.63) is 24.4 Å². The molecule has 3 nitrogen and oxygen atoms in total. The molecule has 0 aromatic carbocycles. The highest BCUT2D eigenvalue weighted by molar-refractivity contribution is 5.87. The molecule has 0 saturated carbocycles. The number of hydrogen-bond acceptors (Lipinski definition) is 2. The lowest BCUT2D eigenvalue weighted by Gasteiger charge is -1.94. The van der Waals surface area contributed by atoms with Crippen molar-refractivity contribution >= 4 is 5.91 Å². The van der Waals surface area contributed by atoms with Gasteiger partial charge in [-0.1, -0.05) is 6.58 Å². The van der Waals surface area contributed by atoms with Crippen LogP contribution in [0.2, 0.25) is 0 Å². The summed E-state index contributed by atoms with van der Waals surface area (Å²) in [6.45, 7) is 4.93. The number of rotatable bonds is 3. The second-order valence-corrected chi connectivity index (χ2v) is 1.86. The molecule has 0 aromatic rings. The van der Waals surface area contributed by atoms with Gasteiger partial charge in [0.05, 0.1) is 6.61 Å². The third kappa shape index (κ3) is 3.86. The quantitative estimate of drug-likeness (QED) is 0.551. The molecule has 0 fully saturated rings. The normalized spacial score (nSPS) is 10.8. The Morgan fingerprint density at radius 2 is 2.40 bits per heavy atom. The summed E-state index contributed by atoms with van der Waals surface area (Å²) >= 11 is 0. The van der Waals surface area contributed by atoms with Crippen molar-refractivity contribution in [3.8, 4) is 0 Å². The van der Waals surface area contributed by atoms with Crippen molar-refractivity contribution in [1.29, 1.82) is 0 Å². The maximum atomic E-state index is 10.5. The summed E-state index contributed by atoms with van der Waals surface area (Å²) in [6, 6.07) is 0.